The largest absolute Gasteiger partial charge is 0.367 e. The second-order valence-corrected chi connectivity index (χ2v) is 8.95. The van der Waals surface area contributed by atoms with Crippen molar-refractivity contribution in [3.8, 4) is 0 Å². The number of pyridine rings is 1. The number of ketones is 1. The number of rotatable bonds is 5. The Bertz CT molecular complexity index is 1210. The van der Waals surface area contributed by atoms with E-state index in [4.69, 9.17) is 4.98 Å². The van der Waals surface area contributed by atoms with Crippen molar-refractivity contribution in [2.45, 2.75) is 13.3 Å². The number of para-hydroxylation sites is 1. The van der Waals surface area contributed by atoms with Crippen LogP contribution in [-0.2, 0) is 11.2 Å². The molecule has 30 heavy (non-hydrogen) atoms. The molecule has 0 saturated carbocycles. The van der Waals surface area contributed by atoms with Crippen LogP contribution in [-0.4, -0.2) is 48.4 Å². The quantitative estimate of drug-likeness (QED) is 0.474. The minimum absolute atomic E-state index is 0.300. The number of hydrogen-bond acceptors (Lipinski definition) is 5. The number of thiophene rings is 1. The molecular formula is C25H25N3OS. The lowest BCUT2D eigenvalue weighted by atomic mass is 10.1. The number of carbonyl (C=O) groups excluding carboxylic acids is 1. The van der Waals surface area contributed by atoms with E-state index in [0.29, 0.717) is 18.7 Å². The van der Waals surface area contributed by atoms with Crippen molar-refractivity contribution in [2.75, 3.05) is 37.6 Å². The SMILES string of the molecule is Cc1ccc2cccc(N3CCN(CC(=O)Cc4csc5ccccc45)CC3)c2n1. The van der Waals surface area contributed by atoms with Crippen molar-refractivity contribution >= 4 is 43.8 Å². The molecule has 4 nitrogen and oxygen atoms in total. The summed E-state index contributed by atoms with van der Waals surface area (Å²) in [7, 11) is 0. The first kappa shape index (κ1) is 19.2. The smallest absolute Gasteiger partial charge is 0.151 e. The third-order valence-electron chi connectivity index (χ3n) is 5.90. The molecule has 0 aliphatic carbocycles. The van der Waals surface area contributed by atoms with Gasteiger partial charge in [-0.05, 0) is 41.5 Å². The average molecular weight is 416 g/mol. The fourth-order valence-electron chi connectivity index (χ4n) is 4.32. The van der Waals surface area contributed by atoms with Crippen molar-refractivity contribution in [2.24, 2.45) is 0 Å². The van der Waals surface area contributed by atoms with Crippen molar-refractivity contribution in [3.05, 3.63) is 71.2 Å². The number of hydrogen-bond donors (Lipinski definition) is 0. The Hall–Kier alpha value is -2.76. The van der Waals surface area contributed by atoms with E-state index in [1.165, 1.54) is 21.2 Å². The molecule has 1 fully saturated rings. The number of fused-ring (bicyclic) bond motifs is 2. The third kappa shape index (κ3) is 3.83. The van der Waals surface area contributed by atoms with Gasteiger partial charge in [0.15, 0.2) is 5.78 Å². The molecule has 5 heteroatoms. The molecule has 0 unspecified atom stereocenters. The highest BCUT2D eigenvalue weighted by Crippen LogP contribution is 2.27. The maximum Gasteiger partial charge on any atom is 0.151 e. The zero-order valence-electron chi connectivity index (χ0n) is 17.2. The maximum atomic E-state index is 12.7. The molecule has 3 heterocycles. The van der Waals surface area contributed by atoms with Crippen molar-refractivity contribution in [1.29, 1.82) is 0 Å². The molecule has 0 radical (unpaired) electrons. The van der Waals surface area contributed by atoms with E-state index in [2.05, 4.69) is 63.7 Å². The van der Waals surface area contributed by atoms with E-state index in [1.54, 1.807) is 11.3 Å². The summed E-state index contributed by atoms with van der Waals surface area (Å²) in [4.78, 5) is 22.2. The number of aryl methyl sites for hydroxylation is 1. The first-order chi connectivity index (χ1) is 14.7. The summed E-state index contributed by atoms with van der Waals surface area (Å²) in [5.41, 5.74) is 4.48. The molecule has 0 bridgehead atoms. The Morgan fingerprint density at radius 1 is 1.00 bits per heavy atom. The number of Topliss-reactive ketones (excluding diaryl/α,β-unsaturated/α-hetero) is 1. The van der Waals surface area contributed by atoms with E-state index >= 15 is 0 Å². The second-order valence-electron chi connectivity index (χ2n) is 8.04. The number of nitrogens with zero attached hydrogens (tertiary/aromatic N) is 3. The summed E-state index contributed by atoms with van der Waals surface area (Å²) >= 11 is 1.72. The molecule has 1 aliphatic rings. The van der Waals surface area contributed by atoms with Crippen molar-refractivity contribution in [1.82, 2.24) is 9.88 Å². The zero-order valence-corrected chi connectivity index (χ0v) is 18.0. The van der Waals surface area contributed by atoms with Crippen LogP contribution < -0.4 is 4.90 Å². The van der Waals surface area contributed by atoms with Gasteiger partial charge in [-0.15, -0.1) is 11.3 Å². The Balaban J connectivity index is 1.22. The number of piperazine rings is 1. The van der Waals surface area contributed by atoms with Crippen LogP contribution >= 0.6 is 11.3 Å². The monoisotopic (exact) mass is 415 g/mol. The molecule has 1 saturated heterocycles. The average Bonchev–Trinajstić information content (AvgIpc) is 3.17. The van der Waals surface area contributed by atoms with Crippen LogP contribution in [0.15, 0.2) is 60.0 Å². The summed E-state index contributed by atoms with van der Waals surface area (Å²) in [5.74, 6) is 0.300. The summed E-state index contributed by atoms with van der Waals surface area (Å²) in [6.45, 7) is 6.21. The van der Waals surface area contributed by atoms with Crippen LogP contribution in [0, 0.1) is 6.92 Å². The lowest BCUT2D eigenvalue weighted by molar-refractivity contribution is -0.119. The van der Waals surface area contributed by atoms with Crippen molar-refractivity contribution < 1.29 is 4.79 Å². The van der Waals surface area contributed by atoms with Gasteiger partial charge in [0.2, 0.25) is 0 Å². The van der Waals surface area contributed by atoms with Gasteiger partial charge in [-0.1, -0.05) is 36.4 Å². The molecule has 1 aliphatic heterocycles. The van der Waals surface area contributed by atoms with Crippen molar-refractivity contribution in [3.63, 3.8) is 0 Å². The Labute approximate surface area is 180 Å². The molecule has 2 aromatic heterocycles. The predicted octanol–water partition coefficient (Wildman–Crippen LogP) is 4.69. The Morgan fingerprint density at radius 2 is 1.83 bits per heavy atom. The lowest BCUT2D eigenvalue weighted by Crippen LogP contribution is -2.48. The number of carbonyl (C=O) groups is 1. The lowest BCUT2D eigenvalue weighted by Gasteiger charge is -2.36. The summed E-state index contributed by atoms with van der Waals surface area (Å²) in [6, 6.07) is 18.9. The Kier molecular flexibility index (Phi) is 5.23. The number of aromatic nitrogens is 1. The predicted molar refractivity (Wildman–Crippen MR) is 126 cm³/mol. The highest BCUT2D eigenvalue weighted by Gasteiger charge is 2.21. The van der Waals surface area contributed by atoms with Crippen LogP contribution in [0.1, 0.15) is 11.3 Å². The van der Waals surface area contributed by atoms with Gasteiger partial charge in [0.05, 0.1) is 17.7 Å². The standard InChI is InChI=1S/C25H25N3OS/c1-18-9-10-19-5-4-7-23(25(19)26-18)28-13-11-27(12-14-28)16-21(29)15-20-17-30-24-8-3-2-6-22(20)24/h2-10,17H,11-16H2,1H3. The van der Waals surface area contributed by atoms with Crippen LogP contribution in [0.25, 0.3) is 21.0 Å². The fraction of sp³-hybridized carbons (Fsp3) is 0.280. The van der Waals surface area contributed by atoms with E-state index < -0.39 is 0 Å². The van der Waals surface area contributed by atoms with Gasteiger partial charge in [-0.3, -0.25) is 14.7 Å². The zero-order chi connectivity index (χ0) is 20.5. The fourth-order valence-corrected chi connectivity index (χ4v) is 5.28. The number of anilines is 1. The van der Waals surface area contributed by atoms with Gasteiger partial charge in [0, 0.05) is 48.4 Å². The van der Waals surface area contributed by atoms with Gasteiger partial charge in [0.1, 0.15) is 0 Å². The summed E-state index contributed by atoms with van der Waals surface area (Å²) in [5, 5.41) is 4.54. The van der Waals surface area contributed by atoms with Crippen LogP contribution in [0.4, 0.5) is 5.69 Å². The normalized spacial score (nSPS) is 15.2. The topological polar surface area (TPSA) is 36.4 Å². The second kappa shape index (κ2) is 8.17. The molecule has 2 aromatic carbocycles. The molecule has 5 rings (SSSR count). The number of benzene rings is 2. The van der Waals surface area contributed by atoms with Gasteiger partial charge >= 0.3 is 0 Å². The highest BCUT2D eigenvalue weighted by atomic mass is 32.1. The molecule has 0 N–H and O–H groups in total. The van der Waals surface area contributed by atoms with E-state index in [-0.39, 0.29) is 0 Å². The van der Waals surface area contributed by atoms with E-state index in [9.17, 15) is 4.79 Å². The van der Waals surface area contributed by atoms with Gasteiger partial charge in [-0.2, -0.15) is 0 Å². The minimum atomic E-state index is 0.300. The first-order valence-electron chi connectivity index (χ1n) is 10.5. The van der Waals surface area contributed by atoms with Gasteiger partial charge < -0.3 is 4.90 Å². The summed E-state index contributed by atoms with van der Waals surface area (Å²) in [6.07, 6.45) is 0.525. The van der Waals surface area contributed by atoms with Gasteiger partial charge in [-0.25, -0.2) is 0 Å². The highest BCUT2D eigenvalue weighted by molar-refractivity contribution is 7.17. The molecular weight excluding hydrogens is 390 g/mol. The molecule has 0 spiro atoms. The van der Waals surface area contributed by atoms with E-state index in [0.717, 1.165) is 43.0 Å². The Morgan fingerprint density at radius 3 is 2.70 bits per heavy atom. The van der Waals surface area contributed by atoms with Crippen LogP contribution in [0.5, 0.6) is 0 Å². The van der Waals surface area contributed by atoms with Gasteiger partial charge in [0.25, 0.3) is 0 Å². The minimum Gasteiger partial charge on any atom is -0.367 e. The van der Waals surface area contributed by atoms with Crippen LogP contribution in [0.2, 0.25) is 0 Å². The van der Waals surface area contributed by atoms with Crippen LogP contribution in [0.3, 0.4) is 0 Å². The molecule has 0 amide bonds. The maximum absolute atomic E-state index is 12.7. The first-order valence-corrected chi connectivity index (χ1v) is 11.4. The molecule has 152 valence electrons. The third-order valence-corrected chi connectivity index (χ3v) is 6.91. The molecule has 0 atom stereocenters. The molecule has 4 aromatic rings. The van der Waals surface area contributed by atoms with E-state index in [1.807, 2.05) is 13.0 Å². The summed E-state index contributed by atoms with van der Waals surface area (Å²) < 4.78 is 1.26.